The third-order valence-corrected chi connectivity index (χ3v) is 6.28. The first kappa shape index (κ1) is 19.9. The molecule has 27 heavy (non-hydrogen) atoms. The fourth-order valence-electron chi connectivity index (χ4n) is 4.89. The van der Waals surface area contributed by atoms with Crippen LogP contribution in [0, 0.1) is 5.92 Å². The fourth-order valence-corrected chi connectivity index (χ4v) is 4.89. The number of hydrogen-bond acceptors (Lipinski definition) is 2. The van der Waals surface area contributed by atoms with E-state index in [0.717, 1.165) is 45.2 Å². The highest BCUT2D eigenvalue weighted by Crippen LogP contribution is 2.41. The number of halogens is 1. The Hall–Kier alpha value is -1.84. The number of benzene rings is 2. The van der Waals surface area contributed by atoms with Crippen molar-refractivity contribution in [2.75, 3.05) is 13.1 Å². The minimum atomic E-state index is -0.114. The third kappa shape index (κ3) is 3.90. The largest absolute Gasteiger partial charge is 0.341 e. The van der Waals surface area contributed by atoms with Crippen molar-refractivity contribution < 1.29 is 4.79 Å². The summed E-state index contributed by atoms with van der Waals surface area (Å²) in [7, 11) is 0. The Kier molecular flexibility index (Phi) is 6.23. The molecule has 1 saturated carbocycles. The van der Waals surface area contributed by atoms with Gasteiger partial charge in [0.15, 0.2) is 0 Å². The molecule has 144 valence electrons. The zero-order valence-corrected chi connectivity index (χ0v) is 16.5. The standard InChI is InChI=1S/C23H28N2O.ClH/c24-21-13-12-18(16-21)22(26)25-15-7-14-23(17-25,19-8-3-1-4-9-19)20-10-5-2-6-11-20;/h1-6,8-11,18,21H,7,12-17,24H2;1H/t18-,21+;/m0./s1. The molecule has 0 radical (unpaired) electrons. The number of hydrogen-bond donors (Lipinski definition) is 1. The molecule has 1 aliphatic carbocycles. The van der Waals surface area contributed by atoms with Gasteiger partial charge in [0.05, 0.1) is 0 Å². The van der Waals surface area contributed by atoms with Crippen molar-refractivity contribution in [3.05, 3.63) is 71.8 Å². The van der Waals surface area contributed by atoms with Gasteiger partial charge < -0.3 is 10.6 Å². The van der Waals surface area contributed by atoms with E-state index < -0.39 is 0 Å². The summed E-state index contributed by atoms with van der Waals surface area (Å²) in [6.07, 6.45) is 4.88. The second kappa shape index (κ2) is 8.45. The zero-order valence-electron chi connectivity index (χ0n) is 15.7. The summed E-state index contributed by atoms with van der Waals surface area (Å²) in [6.45, 7) is 1.64. The first-order valence-corrected chi connectivity index (χ1v) is 9.84. The molecule has 4 rings (SSSR count). The number of carbonyl (C=O) groups excluding carboxylic acids is 1. The lowest BCUT2D eigenvalue weighted by Crippen LogP contribution is -2.50. The molecule has 0 spiro atoms. The second-order valence-electron chi connectivity index (χ2n) is 7.95. The van der Waals surface area contributed by atoms with Gasteiger partial charge in [0.1, 0.15) is 0 Å². The van der Waals surface area contributed by atoms with Gasteiger partial charge in [0, 0.05) is 30.5 Å². The Morgan fingerprint density at radius 3 is 2.07 bits per heavy atom. The number of rotatable bonds is 3. The van der Waals surface area contributed by atoms with Crippen molar-refractivity contribution in [3.8, 4) is 0 Å². The van der Waals surface area contributed by atoms with Crippen LogP contribution in [0.25, 0.3) is 0 Å². The molecule has 1 saturated heterocycles. The van der Waals surface area contributed by atoms with E-state index in [1.165, 1.54) is 11.1 Å². The highest BCUT2D eigenvalue weighted by molar-refractivity contribution is 5.85. The quantitative estimate of drug-likeness (QED) is 0.864. The molecular formula is C23H29ClN2O. The van der Waals surface area contributed by atoms with Crippen molar-refractivity contribution >= 4 is 18.3 Å². The van der Waals surface area contributed by atoms with Crippen LogP contribution in [0.4, 0.5) is 0 Å². The van der Waals surface area contributed by atoms with Gasteiger partial charge in [-0.2, -0.15) is 0 Å². The van der Waals surface area contributed by atoms with Crippen molar-refractivity contribution in [2.24, 2.45) is 11.7 Å². The van der Waals surface area contributed by atoms with Crippen molar-refractivity contribution in [2.45, 2.75) is 43.6 Å². The number of carbonyl (C=O) groups is 1. The molecule has 1 heterocycles. The van der Waals surface area contributed by atoms with E-state index in [-0.39, 0.29) is 29.8 Å². The van der Waals surface area contributed by atoms with Gasteiger partial charge in [-0.25, -0.2) is 0 Å². The third-order valence-electron chi connectivity index (χ3n) is 6.28. The van der Waals surface area contributed by atoms with E-state index in [2.05, 4.69) is 65.6 Å². The van der Waals surface area contributed by atoms with Crippen molar-refractivity contribution in [3.63, 3.8) is 0 Å². The van der Waals surface area contributed by atoms with Gasteiger partial charge >= 0.3 is 0 Å². The summed E-state index contributed by atoms with van der Waals surface area (Å²) in [5.74, 6) is 0.432. The summed E-state index contributed by atoms with van der Waals surface area (Å²) in [6, 6.07) is 21.6. The smallest absolute Gasteiger partial charge is 0.225 e. The van der Waals surface area contributed by atoms with E-state index >= 15 is 0 Å². The molecule has 0 aromatic heterocycles. The molecule has 4 heteroatoms. The molecule has 2 aromatic carbocycles. The van der Waals surface area contributed by atoms with E-state index in [9.17, 15) is 4.79 Å². The highest BCUT2D eigenvalue weighted by Gasteiger charge is 2.42. The predicted octanol–water partition coefficient (Wildman–Crippen LogP) is 4.14. The number of nitrogens with zero attached hydrogens (tertiary/aromatic N) is 1. The Labute approximate surface area is 168 Å². The van der Waals surface area contributed by atoms with Crippen LogP contribution in [0.1, 0.15) is 43.2 Å². The summed E-state index contributed by atoms with van der Waals surface area (Å²) >= 11 is 0. The normalized spacial score (nSPS) is 24.3. The molecule has 2 fully saturated rings. The van der Waals surface area contributed by atoms with Crippen LogP contribution in [0.5, 0.6) is 0 Å². The number of nitrogens with two attached hydrogens (primary N) is 1. The SMILES string of the molecule is Cl.N[C@@H]1CC[C@H](C(=O)N2CCCC(c3ccccc3)(c3ccccc3)C2)C1. The number of amides is 1. The van der Waals surface area contributed by atoms with Gasteiger partial charge in [-0.3, -0.25) is 4.79 Å². The van der Waals surface area contributed by atoms with Crippen molar-refractivity contribution in [1.82, 2.24) is 4.90 Å². The van der Waals surface area contributed by atoms with Gasteiger partial charge in [0.25, 0.3) is 0 Å². The summed E-state index contributed by atoms with van der Waals surface area (Å²) < 4.78 is 0. The Balaban J connectivity index is 0.00000210. The first-order valence-electron chi connectivity index (χ1n) is 9.84. The molecule has 0 unspecified atom stereocenters. The van der Waals surface area contributed by atoms with E-state index in [4.69, 9.17) is 5.73 Å². The van der Waals surface area contributed by atoms with E-state index in [1.807, 2.05) is 0 Å². The molecular weight excluding hydrogens is 356 g/mol. The molecule has 1 aliphatic heterocycles. The van der Waals surface area contributed by atoms with Crippen LogP contribution in [0.15, 0.2) is 60.7 Å². The summed E-state index contributed by atoms with van der Waals surface area (Å²) in [5.41, 5.74) is 8.57. The minimum Gasteiger partial charge on any atom is -0.341 e. The molecule has 3 nitrogen and oxygen atoms in total. The van der Waals surface area contributed by atoms with Gasteiger partial charge in [-0.1, -0.05) is 60.7 Å². The van der Waals surface area contributed by atoms with Gasteiger partial charge in [-0.15, -0.1) is 12.4 Å². The number of likely N-dealkylation sites (tertiary alicyclic amines) is 1. The number of piperidine rings is 1. The molecule has 2 N–H and O–H groups in total. The zero-order chi connectivity index (χ0) is 18.0. The fraction of sp³-hybridized carbons (Fsp3) is 0.435. The average molecular weight is 385 g/mol. The van der Waals surface area contributed by atoms with Crippen molar-refractivity contribution in [1.29, 1.82) is 0 Å². The Morgan fingerprint density at radius 1 is 0.963 bits per heavy atom. The topological polar surface area (TPSA) is 46.3 Å². The summed E-state index contributed by atoms with van der Waals surface area (Å²) in [4.78, 5) is 15.3. The maximum absolute atomic E-state index is 13.2. The molecule has 1 amide bonds. The highest BCUT2D eigenvalue weighted by atomic mass is 35.5. The van der Waals surface area contributed by atoms with E-state index in [1.54, 1.807) is 0 Å². The lowest BCUT2D eigenvalue weighted by atomic mass is 9.69. The molecule has 2 atom stereocenters. The lowest BCUT2D eigenvalue weighted by molar-refractivity contribution is -0.137. The molecule has 0 bridgehead atoms. The van der Waals surface area contributed by atoms with Crippen LogP contribution < -0.4 is 5.73 Å². The van der Waals surface area contributed by atoms with Gasteiger partial charge in [0.2, 0.25) is 5.91 Å². The van der Waals surface area contributed by atoms with Crippen LogP contribution in [0.3, 0.4) is 0 Å². The Bertz CT molecular complexity index is 710. The molecule has 2 aromatic rings. The predicted molar refractivity (Wildman–Crippen MR) is 112 cm³/mol. The molecule has 2 aliphatic rings. The maximum Gasteiger partial charge on any atom is 0.225 e. The van der Waals surface area contributed by atoms with Gasteiger partial charge in [-0.05, 0) is 43.2 Å². The monoisotopic (exact) mass is 384 g/mol. The first-order chi connectivity index (χ1) is 12.7. The van der Waals surface area contributed by atoms with Crippen LogP contribution in [0.2, 0.25) is 0 Å². The maximum atomic E-state index is 13.2. The van der Waals surface area contributed by atoms with Crippen LogP contribution in [-0.4, -0.2) is 29.9 Å². The summed E-state index contributed by atoms with van der Waals surface area (Å²) in [5, 5.41) is 0. The lowest BCUT2D eigenvalue weighted by Gasteiger charge is -2.44. The second-order valence-corrected chi connectivity index (χ2v) is 7.95. The van der Waals surface area contributed by atoms with Crippen LogP contribution in [-0.2, 0) is 10.2 Å². The minimum absolute atomic E-state index is 0. The average Bonchev–Trinajstić information content (AvgIpc) is 3.15. The Morgan fingerprint density at radius 2 is 1.56 bits per heavy atom. The van der Waals surface area contributed by atoms with Crippen LogP contribution >= 0.6 is 12.4 Å². The van der Waals surface area contributed by atoms with E-state index in [0.29, 0.717) is 5.91 Å².